The molecule has 0 N–H and O–H groups in total. The third-order valence-corrected chi connectivity index (χ3v) is 23.9. The normalized spacial score (nSPS) is 22.7. The summed E-state index contributed by atoms with van der Waals surface area (Å²) in [5.41, 5.74) is 20.1. The van der Waals surface area contributed by atoms with Crippen molar-refractivity contribution in [2.75, 3.05) is 19.8 Å². The maximum absolute atomic E-state index is 5.75. The predicted octanol–water partition coefficient (Wildman–Crippen LogP) is 16.5. The van der Waals surface area contributed by atoms with Crippen LogP contribution >= 0.6 is 0 Å². The van der Waals surface area contributed by atoms with Crippen LogP contribution in [0.4, 0.5) is 0 Å². The number of nitrogens with zero attached hydrogens (tertiary/aromatic N) is 15. The minimum absolute atomic E-state index is 0. The Labute approximate surface area is 621 Å². The zero-order chi connectivity index (χ0) is 66.0. The monoisotopic (exact) mass is 1850 g/mol. The Hall–Kier alpha value is -6.51. The van der Waals surface area contributed by atoms with Crippen molar-refractivity contribution in [2.45, 2.75) is 180 Å². The Bertz CT molecular complexity index is 4350. The summed E-state index contributed by atoms with van der Waals surface area (Å²) in [7, 11) is 0. The van der Waals surface area contributed by atoms with Crippen molar-refractivity contribution in [3.63, 3.8) is 0 Å². The van der Waals surface area contributed by atoms with Gasteiger partial charge in [0.1, 0.15) is 0 Å². The Morgan fingerprint density at radius 3 is 1.35 bits per heavy atom. The van der Waals surface area contributed by atoms with Gasteiger partial charge in [0.25, 0.3) is 0 Å². The van der Waals surface area contributed by atoms with Crippen molar-refractivity contribution in [2.24, 2.45) is 16.2 Å². The van der Waals surface area contributed by atoms with Gasteiger partial charge in [-0.05, 0) is 167 Å². The van der Waals surface area contributed by atoms with Gasteiger partial charge in [0.2, 0.25) is 5.88 Å². The molecule has 16 nitrogen and oxygen atoms in total. The topological polar surface area (TPSA) is 210 Å². The third-order valence-electron chi connectivity index (χ3n) is 23.9. The first-order chi connectivity index (χ1) is 45.7. The zero-order valence-electron chi connectivity index (χ0n) is 57.9. The summed E-state index contributed by atoms with van der Waals surface area (Å²) < 4.78 is 5.75. The maximum Gasteiger partial charge on any atom is 2.00 e. The van der Waals surface area contributed by atoms with Gasteiger partial charge in [0.05, 0.1) is 11.4 Å². The molecule has 514 valence electrons. The van der Waals surface area contributed by atoms with Crippen LogP contribution in [0.1, 0.15) is 206 Å². The number of benzene rings is 1. The van der Waals surface area contributed by atoms with Crippen molar-refractivity contribution in [1.82, 2.24) is 60.5 Å². The Kier molecular flexibility index (Phi) is 21.4. The van der Waals surface area contributed by atoms with Gasteiger partial charge < -0.3 is 51.3 Å². The summed E-state index contributed by atoms with van der Waals surface area (Å²) in [4.78, 5) is 28.0. The molecule has 19 heteroatoms. The van der Waals surface area contributed by atoms with Crippen molar-refractivity contribution in [3.8, 4) is 40.0 Å². The molecule has 0 spiro atoms. The number of aromatic nitrogens is 12. The van der Waals surface area contributed by atoms with Crippen LogP contribution in [0, 0.1) is 16.2 Å². The van der Waals surface area contributed by atoms with Gasteiger partial charge in [-0.15, -0.1) is 32.7 Å². The summed E-state index contributed by atoms with van der Waals surface area (Å²) in [6.07, 6.45) is 12.6. The van der Waals surface area contributed by atoms with Crippen LogP contribution < -0.4 is 20.0 Å². The van der Waals surface area contributed by atoms with Gasteiger partial charge >= 0.3 is 63.2 Å². The van der Waals surface area contributed by atoms with Crippen LogP contribution in [0.25, 0.3) is 50.1 Å². The third kappa shape index (κ3) is 12.9. The van der Waals surface area contributed by atoms with E-state index in [4.69, 9.17) is 40.5 Å². The molecule has 0 amide bonds. The molecule has 1 aromatic carbocycles. The number of rotatable bonds is 19. The first-order valence-corrected chi connectivity index (χ1v) is 34.0. The van der Waals surface area contributed by atoms with Gasteiger partial charge in [-0.1, -0.05) is 160 Å². The second kappa shape index (κ2) is 28.9. The molecule has 6 aliphatic rings. The summed E-state index contributed by atoms with van der Waals surface area (Å²) in [6.45, 7) is 29.1. The van der Waals surface area contributed by atoms with E-state index in [9.17, 15) is 0 Å². The van der Waals surface area contributed by atoms with E-state index in [1.807, 2.05) is 85.2 Å². The average Bonchev–Trinajstić information content (AvgIpc) is 1.54. The fourth-order valence-corrected chi connectivity index (χ4v) is 17.0. The smallest absolute Gasteiger partial charge is 0.656 e. The predicted molar refractivity (Wildman–Crippen MR) is 372 cm³/mol. The first-order valence-electron chi connectivity index (χ1n) is 34.0. The number of fused-ring (bicyclic) bond motifs is 15. The van der Waals surface area contributed by atoms with E-state index in [0.29, 0.717) is 56.4 Å². The van der Waals surface area contributed by atoms with Crippen molar-refractivity contribution in [1.29, 1.82) is 0 Å². The van der Waals surface area contributed by atoms with E-state index in [2.05, 4.69) is 184 Å². The van der Waals surface area contributed by atoms with Gasteiger partial charge in [0.15, 0.2) is 0 Å². The van der Waals surface area contributed by atoms with Crippen LogP contribution in [0.2, 0.25) is 0 Å². The summed E-state index contributed by atoms with van der Waals surface area (Å²) in [6, 6.07) is 46.6. The van der Waals surface area contributed by atoms with Gasteiger partial charge in [0, 0.05) is 105 Å². The molecule has 6 aliphatic carbocycles. The van der Waals surface area contributed by atoms with E-state index in [-0.39, 0.29) is 114 Å². The van der Waals surface area contributed by atoms with Gasteiger partial charge in [-0.2, -0.15) is 0 Å². The van der Waals surface area contributed by atoms with Crippen LogP contribution in [0.15, 0.2) is 158 Å². The molecule has 10 aromatic rings. The quantitative estimate of drug-likeness (QED) is 0.0691. The van der Waals surface area contributed by atoms with E-state index in [0.717, 1.165) is 62.6 Å². The summed E-state index contributed by atoms with van der Waals surface area (Å²) in [5, 5.41) is 41.9. The van der Waals surface area contributed by atoms with E-state index >= 15 is 0 Å². The van der Waals surface area contributed by atoms with Crippen LogP contribution in [-0.4, -0.2) is 65.0 Å². The van der Waals surface area contributed by atoms with Gasteiger partial charge in [-0.3, -0.25) is 24.9 Å². The SMILES string of the molecule is CC(C)(C[N-]Cc1ccccn1)c1cccc(-c2[n-]nc3c2C2CCC3(C)C2(C)C)n1.CC12CCC(c3c1n[n-]c3-c1cccc(C(C[N-]Cc3ccccn3)c3ccccc3)n1)C2(C)C.CC12CCC(c3c1n[n-]c3-c1cccc(OC[N-]Cc3ccccn3)n1)C2(C)C.[Pt+2].[Pt+2].[Pt+2]. The van der Waals surface area contributed by atoms with Gasteiger partial charge in [-0.25, -0.2) is 4.98 Å². The molecule has 9 aromatic heterocycles. The standard InChI is InChI=1S/C30H31N5.C26H31N5.C23H25N5O.3Pt/c1-29(2)23-15-16-30(29,3)28-26(23)27(34-35-28)25-14-9-13-24(33-25)22(20-10-5-4-6-11-20)19-31-18-21-12-7-8-17-32-21;1-24(2,16-27-15-17-9-6-7-14-28-17)20-11-8-10-19(29-20)22-21-18-12-13-26(5,25(18,3)4)23(21)31-30-22;1-22(2)16-10-11-23(22,3)21-19(16)20(27-28-21)17-8-6-9-18(26-17)29-14-24-13-15-7-4-5-12-25-15;;;/h4-14,17,22-23H,15-16,18-19H2,1-3H3;6-11,14,18H,12-13,15-16H2,1-5H3;4-9,12,16H,10-11,13-14H2,1-3H3;;;/q3*-2;3*+2. The average molecular weight is 1850 g/mol. The second-order valence-corrected chi connectivity index (χ2v) is 30.2. The molecule has 3 saturated carbocycles. The second-order valence-electron chi connectivity index (χ2n) is 30.2. The first kappa shape index (κ1) is 72.7. The van der Waals surface area contributed by atoms with Crippen LogP contribution in [0.5, 0.6) is 5.88 Å². The van der Waals surface area contributed by atoms with Crippen molar-refractivity contribution >= 4 is 0 Å². The molecule has 98 heavy (non-hydrogen) atoms. The summed E-state index contributed by atoms with van der Waals surface area (Å²) >= 11 is 0. The fraction of sp³-hybridized carbons (Fsp3) is 0.430. The minimum Gasteiger partial charge on any atom is -0.656 e. The Morgan fingerprint density at radius 1 is 0.459 bits per heavy atom. The molecule has 16 rings (SSSR count). The molecule has 9 heterocycles. The molecule has 7 unspecified atom stereocenters. The molecule has 7 atom stereocenters. The Morgan fingerprint density at radius 2 is 0.878 bits per heavy atom. The van der Waals surface area contributed by atoms with Crippen LogP contribution in [0.3, 0.4) is 0 Å². The number of ether oxygens (including phenoxy) is 1. The molecule has 0 radical (unpaired) electrons. The van der Waals surface area contributed by atoms with E-state index in [1.165, 1.54) is 77.9 Å². The molecular weight excluding hydrogens is 1760 g/mol. The Balaban J connectivity index is 0.000000147. The number of hydrogen-bond acceptors (Lipinski definition) is 10. The van der Waals surface area contributed by atoms with Crippen molar-refractivity contribution in [3.05, 3.63) is 242 Å². The minimum atomic E-state index is -0.168. The zero-order valence-corrected chi connectivity index (χ0v) is 64.7. The molecule has 0 saturated heterocycles. The van der Waals surface area contributed by atoms with Crippen molar-refractivity contribution < 1.29 is 67.9 Å². The van der Waals surface area contributed by atoms with Crippen LogP contribution in [-0.2, 0) is 104 Å². The molecule has 6 bridgehead atoms. The largest absolute Gasteiger partial charge is 2.00 e. The molecule has 3 fully saturated rings. The number of pyridine rings is 6. The summed E-state index contributed by atoms with van der Waals surface area (Å²) in [5.74, 6) is 2.13. The molecular formula is C79H87N15OPt3. The van der Waals surface area contributed by atoms with E-state index in [1.54, 1.807) is 6.20 Å². The number of hydrogen-bond donors (Lipinski definition) is 0. The molecule has 0 aliphatic heterocycles. The maximum atomic E-state index is 5.75. The van der Waals surface area contributed by atoms with E-state index < -0.39 is 0 Å². The fourth-order valence-electron chi connectivity index (χ4n) is 17.0.